The number of aromatic nitrogens is 1. The Bertz CT molecular complexity index is 704. The van der Waals surface area contributed by atoms with Crippen LogP contribution in [0.25, 0.3) is 11.3 Å². The van der Waals surface area contributed by atoms with Crippen molar-refractivity contribution in [2.24, 2.45) is 12.5 Å². The Morgan fingerprint density at radius 3 is 2.54 bits per heavy atom. The third-order valence-corrected chi connectivity index (χ3v) is 5.16. The zero-order chi connectivity index (χ0) is 17.7. The number of hydrogen-bond donors (Lipinski definition) is 2. The van der Waals surface area contributed by atoms with Gasteiger partial charge >= 0.3 is 0 Å². The van der Waals surface area contributed by atoms with E-state index >= 15 is 0 Å². The first-order chi connectivity index (χ1) is 12.2. The Morgan fingerprint density at radius 1 is 1.19 bits per heavy atom. The molecule has 0 radical (unpaired) electrons. The van der Waals surface area contributed by atoms with Gasteiger partial charge in [-0.25, -0.2) is 0 Å². The van der Waals surface area contributed by atoms with Crippen LogP contribution in [0.2, 0.25) is 0 Å². The molecular weight excluding hydrogens is 350 g/mol. The van der Waals surface area contributed by atoms with E-state index in [0.717, 1.165) is 37.2 Å². The SMILES string of the molecule is COCC1(CNC(=O)c2ccc(-c3ccccc3)n2C)CCNCC1.Cl. The van der Waals surface area contributed by atoms with Crippen LogP contribution in [0.15, 0.2) is 42.5 Å². The predicted molar refractivity (Wildman–Crippen MR) is 107 cm³/mol. The number of piperidine rings is 1. The van der Waals surface area contributed by atoms with Gasteiger partial charge in [-0.2, -0.15) is 0 Å². The summed E-state index contributed by atoms with van der Waals surface area (Å²) in [6.07, 6.45) is 2.03. The number of methoxy groups -OCH3 is 1. The molecule has 6 heteroatoms. The molecule has 3 rings (SSSR count). The predicted octanol–water partition coefficient (Wildman–Crippen LogP) is 2.86. The quantitative estimate of drug-likeness (QED) is 0.813. The van der Waals surface area contributed by atoms with Gasteiger partial charge in [0.05, 0.1) is 6.61 Å². The summed E-state index contributed by atoms with van der Waals surface area (Å²) in [5.74, 6) is -0.0290. The summed E-state index contributed by atoms with van der Waals surface area (Å²) < 4.78 is 7.38. The molecule has 1 aromatic carbocycles. The zero-order valence-electron chi connectivity index (χ0n) is 15.5. The topological polar surface area (TPSA) is 55.3 Å². The summed E-state index contributed by atoms with van der Waals surface area (Å²) in [5.41, 5.74) is 2.86. The van der Waals surface area contributed by atoms with Crippen molar-refractivity contribution < 1.29 is 9.53 Å². The Morgan fingerprint density at radius 2 is 1.88 bits per heavy atom. The van der Waals surface area contributed by atoms with E-state index in [1.807, 2.05) is 41.9 Å². The molecule has 1 aliphatic heterocycles. The van der Waals surface area contributed by atoms with Crippen molar-refractivity contribution in [2.75, 3.05) is 33.4 Å². The van der Waals surface area contributed by atoms with Gasteiger partial charge in [0.15, 0.2) is 0 Å². The van der Waals surface area contributed by atoms with E-state index in [0.29, 0.717) is 18.8 Å². The summed E-state index contributed by atoms with van der Waals surface area (Å²) in [4.78, 5) is 12.7. The molecule has 0 spiro atoms. The highest BCUT2D eigenvalue weighted by atomic mass is 35.5. The molecule has 2 aromatic rings. The Balaban J connectivity index is 0.00000243. The summed E-state index contributed by atoms with van der Waals surface area (Å²) in [7, 11) is 3.67. The number of amides is 1. The van der Waals surface area contributed by atoms with Crippen molar-refractivity contribution in [2.45, 2.75) is 12.8 Å². The maximum absolute atomic E-state index is 12.7. The van der Waals surface area contributed by atoms with Crippen LogP contribution in [0.1, 0.15) is 23.3 Å². The van der Waals surface area contributed by atoms with Crippen molar-refractivity contribution >= 4 is 18.3 Å². The minimum Gasteiger partial charge on any atom is -0.384 e. The Hall–Kier alpha value is -1.82. The third-order valence-electron chi connectivity index (χ3n) is 5.16. The maximum atomic E-state index is 12.7. The van der Waals surface area contributed by atoms with Crippen molar-refractivity contribution in [3.63, 3.8) is 0 Å². The van der Waals surface area contributed by atoms with Crippen LogP contribution < -0.4 is 10.6 Å². The minimum absolute atomic E-state index is 0. The van der Waals surface area contributed by atoms with Gasteiger partial charge < -0.3 is 19.9 Å². The van der Waals surface area contributed by atoms with Crippen molar-refractivity contribution in [1.29, 1.82) is 0 Å². The van der Waals surface area contributed by atoms with Crippen molar-refractivity contribution in [1.82, 2.24) is 15.2 Å². The van der Waals surface area contributed by atoms with Gasteiger partial charge in [-0.1, -0.05) is 30.3 Å². The molecule has 0 unspecified atom stereocenters. The van der Waals surface area contributed by atoms with Crippen LogP contribution in [-0.2, 0) is 11.8 Å². The fourth-order valence-corrected chi connectivity index (χ4v) is 3.63. The van der Waals surface area contributed by atoms with Gasteiger partial charge in [-0.05, 0) is 43.6 Å². The number of ether oxygens (including phenoxy) is 1. The highest BCUT2D eigenvalue weighted by molar-refractivity contribution is 5.93. The molecule has 0 atom stereocenters. The average Bonchev–Trinajstić information content (AvgIpc) is 3.03. The first-order valence-corrected chi connectivity index (χ1v) is 8.84. The monoisotopic (exact) mass is 377 g/mol. The Labute approximate surface area is 161 Å². The van der Waals surface area contributed by atoms with E-state index in [4.69, 9.17) is 4.74 Å². The Kier molecular flexibility index (Phi) is 7.26. The molecular formula is C20H28ClN3O2. The van der Waals surface area contributed by atoms with Gasteiger partial charge in [0.25, 0.3) is 5.91 Å². The van der Waals surface area contributed by atoms with Crippen molar-refractivity contribution in [3.8, 4) is 11.3 Å². The van der Waals surface area contributed by atoms with E-state index in [1.165, 1.54) is 0 Å². The zero-order valence-corrected chi connectivity index (χ0v) is 16.3. The number of halogens is 1. The second-order valence-corrected chi connectivity index (χ2v) is 6.89. The van der Waals surface area contributed by atoms with E-state index in [-0.39, 0.29) is 23.7 Å². The minimum atomic E-state index is -0.0290. The molecule has 0 bridgehead atoms. The molecule has 0 saturated carbocycles. The molecule has 142 valence electrons. The van der Waals surface area contributed by atoms with Gasteiger partial charge in [-0.3, -0.25) is 4.79 Å². The van der Waals surface area contributed by atoms with Crippen LogP contribution in [-0.4, -0.2) is 43.8 Å². The normalized spacial score (nSPS) is 15.9. The third kappa shape index (κ3) is 4.47. The van der Waals surface area contributed by atoms with Gasteiger partial charge in [0.2, 0.25) is 0 Å². The molecule has 1 saturated heterocycles. The van der Waals surface area contributed by atoms with Crippen LogP contribution in [0.3, 0.4) is 0 Å². The first-order valence-electron chi connectivity index (χ1n) is 8.84. The van der Waals surface area contributed by atoms with Gasteiger partial charge in [-0.15, -0.1) is 12.4 Å². The number of rotatable bonds is 6. The summed E-state index contributed by atoms with van der Waals surface area (Å²) >= 11 is 0. The molecule has 1 aliphatic rings. The van der Waals surface area contributed by atoms with Crippen molar-refractivity contribution in [3.05, 3.63) is 48.2 Å². The van der Waals surface area contributed by atoms with Crippen LogP contribution in [0.5, 0.6) is 0 Å². The number of benzene rings is 1. The standard InChI is InChI=1S/C20H27N3O2.ClH/c1-23-17(16-6-4-3-5-7-16)8-9-18(23)19(24)22-14-20(15-25-2)10-12-21-13-11-20;/h3-9,21H,10-15H2,1-2H3,(H,22,24);1H. The highest BCUT2D eigenvalue weighted by Gasteiger charge is 2.32. The number of nitrogens with zero attached hydrogens (tertiary/aromatic N) is 1. The largest absolute Gasteiger partial charge is 0.384 e. The van der Waals surface area contributed by atoms with E-state index in [1.54, 1.807) is 7.11 Å². The van der Waals surface area contributed by atoms with Crippen LogP contribution >= 0.6 is 12.4 Å². The molecule has 1 amide bonds. The summed E-state index contributed by atoms with van der Waals surface area (Å²) in [6, 6.07) is 14.0. The number of carbonyl (C=O) groups excluding carboxylic acids is 1. The maximum Gasteiger partial charge on any atom is 0.267 e. The van der Waals surface area contributed by atoms with E-state index in [9.17, 15) is 4.79 Å². The average molecular weight is 378 g/mol. The second kappa shape index (κ2) is 9.21. The number of hydrogen-bond acceptors (Lipinski definition) is 3. The molecule has 1 fully saturated rings. The van der Waals surface area contributed by atoms with Crippen LogP contribution in [0, 0.1) is 5.41 Å². The molecule has 2 N–H and O–H groups in total. The fraction of sp³-hybridized carbons (Fsp3) is 0.450. The van der Waals surface area contributed by atoms with E-state index < -0.39 is 0 Å². The molecule has 5 nitrogen and oxygen atoms in total. The summed E-state index contributed by atoms with van der Waals surface area (Å²) in [6.45, 7) is 3.27. The smallest absolute Gasteiger partial charge is 0.267 e. The lowest BCUT2D eigenvalue weighted by Crippen LogP contribution is -2.47. The molecule has 2 heterocycles. The lowest BCUT2D eigenvalue weighted by Gasteiger charge is -2.37. The van der Waals surface area contributed by atoms with E-state index in [2.05, 4.69) is 22.8 Å². The van der Waals surface area contributed by atoms with Gasteiger partial charge in [0, 0.05) is 31.8 Å². The van der Waals surface area contributed by atoms with Crippen LogP contribution in [0.4, 0.5) is 0 Å². The highest BCUT2D eigenvalue weighted by Crippen LogP contribution is 2.28. The number of nitrogens with one attached hydrogen (secondary N) is 2. The summed E-state index contributed by atoms with van der Waals surface area (Å²) in [5, 5.41) is 6.51. The van der Waals surface area contributed by atoms with Gasteiger partial charge in [0.1, 0.15) is 5.69 Å². The lowest BCUT2D eigenvalue weighted by atomic mass is 9.79. The number of carbonyl (C=O) groups is 1. The second-order valence-electron chi connectivity index (χ2n) is 6.89. The lowest BCUT2D eigenvalue weighted by molar-refractivity contribution is 0.0510. The fourth-order valence-electron chi connectivity index (χ4n) is 3.63. The molecule has 26 heavy (non-hydrogen) atoms. The molecule has 0 aliphatic carbocycles. The first kappa shape index (κ1) is 20.5. The molecule has 1 aromatic heterocycles.